The van der Waals surface area contributed by atoms with E-state index in [0.717, 1.165) is 26.5 Å². The number of ether oxygens (including phenoxy) is 1. The molecule has 1 aliphatic carbocycles. The Balaban J connectivity index is 0.00000267. The van der Waals surface area contributed by atoms with E-state index in [0.29, 0.717) is 23.6 Å². The molecule has 0 unspecified atom stereocenters. The first-order valence-corrected chi connectivity index (χ1v) is 12.1. The summed E-state index contributed by atoms with van der Waals surface area (Å²) >= 11 is 1.53. The molecule has 1 aliphatic rings. The number of anilines is 1. The Hall–Kier alpha value is -3.82. The third-order valence-corrected chi connectivity index (χ3v) is 7.00. The summed E-state index contributed by atoms with van der Waals surface area (Å²) in [6.45, 7) is -0.252. The molecule has 0 aliphatic heterocycles. The topological polar surface area (TPSA) is 85.1 Å². The van der Waals surface area contributed by atoms with E-state index in [1.807, 2.05) is 36.4 Å². The molecule has 0 amide bonds. The van der Waals surface area contributed by atoms with E-state index in [2.05, 4.69) is 27.5 Å². The maximum atomic E-state index is 12.6. The second-order valence-corrected chi connectivity index (χ2v) is 9.43. The van der Waals surface area contributed by atoms with Crippen molar-refractivity contribution in [2.45, 2.75) is 32.5 Å². The van der Waals surface area contributed by atoms with Crippen LogP contribution < -0.4 is 10.1 Å². The van der Waals surface area contributed by atoms with Crippen molar-refractivity contribution in [3.8, 4) is 22.8 Å². The van der Waals surface area contributed by atoms with Crippen LogP contribution in [0.4, 0.5) is 9.52 Å². The number of halogens is 1. The number of rotatable bonds is 7. The minimum absolute atomic E-state index is 0. The van der Waals surface area contributed by atoms with Crippen molar-refractivity contribution in [3.63, 3.8) is 0 Å². The van der Waals surface area contributed by atoms with Crippen LogP contribution in [0.25, 0.3) is 21.5 Å². The minimum atomic E-state index is -0.483. The number of benzene rings is 2. The Labute approximate surface area is 212 Å². The summed E-state index contributed by atoms with van der Waals surface area (Å²) in [4.78, 5) is 9.08. The van der Waals surface area contributed by atoms with Crippen molar-refractivity contribution < 1.29 is 14.2 Å². The van der Waals surface area contributed by atoms with Gasteiger partial charge in [-0.25, -0.2) is 9.37 Å². The van der Waals surface area contributed by atoms with Crippen LogP contribution in [0.3, 0.4) is 0 Å². The quantitative estimate of drug-likeness (QED) is 0.282. The molecule has 0 spiro atoms. The Kier molecular flexibility index (Phi) is 6.67. The first kappa shape index (κ1) is 23.9. The zero-order valence-electron chi connectivity index (χ0n) is 18.6. The van der Waals surface area contributed by atoms with Gasteiger partial charge in [0.1, 0.15) is 18.2 Å². The van der Waals surface area contributed by atoms with E-state index in [-0.39, 0.29) is 20.0 Å². The summed E-state index contributed by atoms with van der Waals surface area (Å²) < 4.78 is 21.2. The molecular weight excluding hydrogens is 477 g/mol. The van der Waals surface area contributed by atoms with E-state index in [4.69, 9.17) is 9.72 Å². The molecule has 0 radical (unpaired) electrons. The molecule has 0 saturated heterocycles. The average molecular weight is 504 g/mol. The lowest BCUT2D eigenvalue weighted by Crippen LogP contribution is -2.20. The van der Waals surface area contributed by atoms with E-state index in [1.54, 1.807) is 29.3 Å². The Morgan fingerprint density at radius 3 is 2.89 bits per heavy atom. The molecule has 3 aromatic heterocycles. The number of thiazole rings is 1. The second kappa shape index (κ2) is 10.0. The molecule has 2 atom stereocenters. The second-order valence-electron chi connectivity index (χ2n) is 8.40. The predicted octanol–water partition coefficient (Wildman–Crippen LogP) is 6.02. The van der Waals surface area contributed by atoms with Gasteiger partial charge in [0.05, 0.1) is 40.8 Å². The number of aromatic nitrogens is 4. The minimum Gasteiger partial charge on any atom is -0.457 e. The van der Waals surface area contributed by atoms with Gasteiger partial charge in [0, 0.05) is 36.5 Å². The summed E-state index contributed by atoms with van der Waals surface area (Å²) in [5.74, 6) is 1.32. The van der Waals surface area contributed by atoms with E-state index >= 15 is 0 Å². The number of alkyl halides is 1. The number of aryl methyl sites for hydroxylation is 1. The van der Waals surface area contributed by atoms with E-state index < -0.39 is 12.8 Å². The van der Waals surface area contributed by atoms with Crippen LogP contribution in [-0.4, -0.2) is 37.6 Å². The first-order chi connectivity index (χ1) is 17.2. The van der Waals surface area contributed by atoms with Gasteiger partial charge in [-0.1, -0.05) is 43.0 Å². The highest BCUT2D eigenvalue weighted by molar-refractivity contribution is 7.22. The molecule has 0 fully saturated rings. The average Bonchev–Trinajstić information content (AvgIpc) is 3.57. The van der Waals surface area contributed by atoms with Crippen LogP contribution in [-0.2, 0) is 13.0 Å². The van der Waals surface area contributed by atoms with Crippen LogP contribution in [0.1, 0.15) is 24.6 Å². The number of fused-ring (bicyclic) bond motifs is 2. The van der Waals surface area contributed by atoms with Gasteiger partial charge in [-0.3, -0.25) is 9.67 Å². The Morgan fingerprint density at radius 2 is 2.00 bits per heavy atom. The van der Waals surface area contributed by atoms with Crippen molar-refractivity contribution in [3.05, 3.63) is 84.3 Å². The molecule has 9 heteroatoms. The van der Waals surface area contributed by atoms with Gasteiger partial charge in [-0.2, -0.15) is 5.10 Å². The van der Waals surface area contributed by atoms with Gasteiger partial charge in [0.25, 0.3) is 0 Å². The molecule has 0 saturated carbocycles. The molecule has 2 N–H and O–H groups in total. The van der Waals surface area contributed by atoms with Crippen molar-refractivity contribution in [2.75, 3.05) is 12.0 Å². The molecule has 6 rings (SSSR count). The Morgan fingerprint density at radius 1 is 1.14 bits per heavy atom. The molecule has 5 aromatic rings. The third kappa shape index (κ3) is 4.67. The summed E-state index contributed by atoms with van der Waals surface area (Å²) in [5, 5.41) is 18.9. The van der Waals surface area contributed by atoms with Gasteiger partial charge in [0.2, 0.25) is 0 Å². The summed E-state index contributed by atoms with van der Waals surface area (Å²) in [6, 6.07) is 17.3. The summed E-state index contributed by atoms with van der Waals surface area (Å²) in [7, 11) is 0. The number of nitrogens with one attached hydrogen (secondary N) is 1. The summed E-state index contributed by atoms with van der Waals surface area (Å²) in [5.41, 5.74) is 4.65. The first-order valence-electron chi connectivity index (χ1n) is 11.3. The normalized spacial score (nSPS) is 16.5. The highest BCUT2D eigenvalue weighted by Gasteiger charge is 2.31. The molecule has 184 valence electrons. The van der Waals surface area contributed by atoms with Crippen molar-refractivity contribution in [1.29, 1.82) is 0 Å². The van der Waals surface area contributed by atoms with E-state index in [1.165, 1.54) is 16.9 Å². The molecule has 3 heterocycles. The van der Waals surface area contributed by atoms with Crippen LogP contribution in [0, 0.1) is 0 Å². The van der Waals surface area contributed by atoms with Gasteiger partial charge in [0.15, 0.2) is 5.13 Å². The number of pyridine rings is 1. The predicted molar refractivity (Wildman–Crippen MR) is 140 cm³/mol. The van der Waals surface area contributed by atoms with Crippen LogP contribution >= 0.6 is 11.3 Å². The lowest BCUT2D eigenvalue weighted by Gasteiger charge is -2.16. The van der Waals surface area contributed by atoms with Gasteiger partial charge in [-0.15, -0.1) is 0 Å². The number of nitrogens with zero attached hydrogens (tertiary/aromatic N) is 4. The maximum absolute atomic E-state index is 12.6. The van der Waals surface area contributed by atoms with E-state index in [9.17, 15) is 9.50 Å². The third-order valence-electron chi connectivity index (χ3n) is 6.05. The van der Waals surface area contributed by atoms with Crippen LogP contribution in [0.2, 0.25) is 0 Å². The molecule has 2 aromatic carbocycles. The highest BCUT2D eigenvalue weighted by atomic mass is 32.1. The maximum Gasteiger partial charge on any atom is 0.184 e. The van der Waals surface area contributed by atoms with Crippen molar-refractivity contribution >= 4 is 26.7 Å². The monoisotopic (exact) mass is 503 g/mol. The van der Waals surface area contributed by atoms with Gasteiger partial charge >= 0.3 is 0 Å². The largest absolute Gasteiger partial charge is 0.457 e. The number of aliphatic hydroxyl groups excluding tert-OH is 1. The lowest BCUT2D eigenvalue weighted by molar-refractivity contribution is 0.166. The van der Waals surface area contributed by atoms with Crippen molar-refractivity contribution in [1.82, 2.24) is 19.7 Å². The smallest absolute Gasteiger partial charge is 0.184 e. The highest BCUT2D eigenvalue weighted by Crippen LogP contribution is 2.37. The fraction of sp³-hybridized carbons (Fsp3) is 0.222. The van der Waals surface area contributed by atoms with Crippen LogP contribution in [0.5, 0.6) is 11.5 Å². The fourth-order valence-corrected chi connectivity index (χ4v) is 5.32. The molecule has 7 nitrogen and oxygen atoms in total. The zero-order valence-corrected chi connectivity index (χ0v) is 19.5. The van der Waals surface area contributed by atoms with Crippen LogP contribution in [0.15, 0.2) is 73.2 Å². The lowest BCUT2D eigenvalue weighted by atomic mass is 10.1. The number of aliphatic hydroxyl groups is 1. The SMILES string of the molecule is C.O[C@H]1Cc2ccccc2[C@H]1Nc1nc2ccc(Oc3ccnc(-c4cnn(CCF)c4)c3)cc2s1. The fourth-order valence-electron chi connectivity index (χ4n) is 4.38. The summed E-state index contributed by atoms with van der Waals surface area (Å²) in [6.07, 6.45) is 5.27. The molecule has 0 bridgehead atoms. The molecule has 36 heavy (non-hydrogen) atoms. The number of hydrogen-bond donors (Lipinski definition) is 2. The number of hydrogen-bond acceptors (Lipinski definition) is 7. The molecular formula is C27H26FN5O2S. The standard InChI is InChI=1S/C26H22FN5O2S.CH4/c27-8-10-32-15-17(14-29-32)22-12-19(7-9-28-22)34-18-5-6-21-24(13-18)35-26(30-21)31-25-20-4-2-1-3-16(20)11-23(25)33;/h1-7,9,12-15,23,25,33H,8,10-11H2,(H,30,31);1H4/t23-,25+;/m0./s1. The Bertz CT molecular complexity index is 1500. The van der Waals surface area contributed by atoms with Crippen molar-refractivity contribution in [2.24, 2.45) is 0 Å². The van der Waals surface area contributed by atoms with Gasteiger partial charge in [-0.05, 0) is 29.3 Å². The zero-order chi connectivity index (χ0) is 23.8. The van der Waals surface area contributed by atoms with Gasteiger partial charge < -0.3 is 15.2 Å².